The van der Waals surface area contributed by atoms with Crippen LogP contribution in [-0.4, -0.2) is 41.8 Å². The third-order valence-electron chi connectivity index (χ3n) is 4.76. The summed E-state index contributed by atoms with van der Waals surface area (Å²) in [6, 6.07) is 0.627. The predicted molar refractivity (Wildman–Crippen MR) is 85.4 cm³/mol. The summed E-state index contributed by atoms with van der Waals surface area (Å²) in [6.45, 7) is 9.85. The Kier molecular flexibility index (Phi) is 5.53. The van der Waals surface area contributed by atoms with E-state index in [-0.39, 0.29) is 12.1 Å². The number of likely N-dealkylation sites (tertiary alicyclic amines) is 1. The lowest BCUT2D eigenvalue weighted by molar-refractivity contribution is 0.00689. The second-order valence-corrected chi connectivity index (χ2v) is 7.72. The predicted octanol–water partition coefficient (Wildman–Crippen LogP) is 3.55. The lowest BCUT2D eigenvalue weighted by Crippen LogP contribution is -2.55. The Hall–Kier alpha value is -0.770. The summed E-state index contributed by atoms with van der Waals surface area (Å²) < 4.78 is 5.53. The van der Waals surface area contributed by atoms with Crippen molar-refractivity contribution >= 4 is 6.09 Å². The molecule has 0 radical (unpaired) electrons. The van der Waals surface area contributed by atoms with Gasteiger partial charge in [-0.05, 0) is 65.8 Å². The second kappa shape index (κ2) is 6.99. The van der Waals surface area contributed by atoms with Gasteiger partial charge in [-0.1, -0.05) is 12.8 Å². The fourth-order valence-electron chi connectivity index (χ4n) is 3.53. The van der Waals surface area contributed by atoms with Crippen LogP contribution in [0, 0.1) is 5.92 Å². The lowest BCUT2D eigenvalue weighted by Gasteiger charge is -2.40. The van der Waals surface area contributed by atoms with Gasteiger partial charge in [-0.3, -0.25) is 0 Å². The first-order valence-electron chi connectivity index (χ1n) is 8.60. The molecule has 4 nitrogen and oxygen atoms in total. The second-order valence-electron chi connectivity index (χ2n) is 7.72. The molecule has 2 rings (SSSR count). The van der Waals surface area contributed by atoms with Crippen LogP contribution in [0.3, 0.4) is 0 Å². The molecule has 0 bridgehead atoms. The number of carbonyl (C=O) groups is 1. The van der Waals surface area contributed by atoms with Crippen LogP contribution in [0.25, 0.3) is 0 Å². The molecule has 1 heterocycles. The van der Waals surface area contributed by atoms with E-state index in [1.807, 2.05) is 25.7 Å². The summed E-state index contributed by atoms with van der Waals surface area (Å²) in [5.74, 6) is 0.842. The number of piperidine rings is 1. The maximum absolute atomic E-state index is 12.3. The van der Waals surface area contributed by atoms with Crippen LogP contribution in [0.2, 0.25) is 0 Å². The van der Waals surface area contributed by atoms with Crippen molar-refractivity contribution in [3.05, 3.63) is 0 Å². The molecule has 0 spiro atoms. The first kappa shape index (κ1) is 16.6. The molecule has 2 atom stereocenters. The molecule has 21 heavy (non-hydrogen) atoms. The van der Waals surface area contributed by atoms with E-state index in [0.29, 0.717) is 6.04 Å². The van der Waals surface area contributed by atoms with Gasteiger partial charge in [0, 0.05) is 18.6 Å². The van der Waals surface area contributed by atoms with Gasteiger partial charge in [-0.2, -0.15) is 0 Å². The van der Waals surface area contributed by atoms with Crippen molar-refractivity contribution in [2.75, 3.05) is 13.1 Å². The highest BCUT2D eigenvalue weighted by atomic mass is 16.6. The van der Waals surface area contributed by atoms with Crippen LogP contribution in [-0.2, 0) is 4.74 Å². The molecule has 2 aliphatic rings. The Balaban J connectivity index is 1.84. The Bertz CT molecular complexity index is 345. The van der Waals surface area contributed by atoms with Crippen LogP contribution in [0.1, 0.15) is 66.2 Å². The summed E-state index contributed by atoms with van der Waals surface area (Å²) >= 11 is 0. The average molecular weight is 296 g/mol. The number of carbonyl (C=O) groups excluding carboxylic acids is 1. The zero-order valence-electron chi connectivity index (χ0n) is 14.2. The summed E-state index contributed by atoms with van der Waals surface area (Å²) in [5, 5.41) is 3.71. The number of ether oxygens (including phenoxy) is 1. The molecular formula is C17H32N2O2. The quantitative estimate of drug-likeness (QED) is 0.866. The molecule has 0 aromatic heterocycles. The number of rotatable bonds is 3. The summed E-state index contributed by atoms with van der Waals surface area (Å²) in [4.78, 5) is 14.2. The molecule has 4 heteroatoms. The van der Waals surface area contributed by atoms with Gasteiger partial charge in [0.25, 0.3) is 0 Å². The Morgan fingerprint density at radius 3 is 2.48 bits per heavy atom. The largest absolute Gasteiger partial charge is 0.444 e. The maximum atomic E-state index is 12.3. The Morgan fingerprint density at radius 2 is 1.86 bits per heavy atom. The minimum Gasteiger partial charge on any atom is -0.444 e. The van der Waals surface area contributed by atoms with Gasteiger partial charge in [0.1, 0.15) is 5.60 Å². The van der Waals surface area contributed by atoms with E-state index in [9.17, 15) is 4.79 Å². The number of hydrogen-bond donors (Lipinski definition) is 1. The number of nitrogens with one attached hydrogen (secondary N) is 1. The highest BCUT2D eigenvalue weighted by molar-refractivity contribution is 5.68. The van der Waals surface area contributed by atoms with Crippen LogP contribution in [0.15, 0.2) is 0 Å². The molecule has 1 aliphatic heterocycles. The topological polar surface area (TPSA) is 41.6 Å². The van der Waals surface area contributed by atoms with E-state index < -0.39 is 5.60 Å². The maximum Gasteiger partial charge on any atom is 0.410 e. The van der Waals surface area contributed by atoms with Gasteiger partial charge in [-0.25, -0.2) is 4.79 Å². The molecule has 1 saturated carbocycles. The van der Waals surface area contributed by atoms with Gasteiger partial charge >= 0.3 is 6.09 Å². The van der Waals surface area contributed by atoms with Crippen LogP contribution < -0.4 is 5.32 Å². The smallest absolute Gasteiger partial charge is 0.410 e. The standard InChI is InChI=1S/C17H32N2O2/c1-13-15(18-12-14-8-5-6-9-14)10-7-11-19(13)16(20)21-17(2,3)4/h13-15,18H,5-12H2,1-4H3. The zero-order valence-corrected chi connectivity index (χ0v) is 14.2. The summed E-state index contributed by atoms with van der Waals surface area (Å²) in [6.07, 6.45) is 7.56. The van der Waals surface area contributed by atoms with Gasteiger partial charge in [0.15, 0.2) is 0 Å². The zero-order chi connectivity index (χ0) is 15.5. The van der Waals surface area contributed by atoms with Crippen molar-refractivity contribution in [3.8, 4) is 0 Å². The highest BCUT2D eigenvalue weighted by Gasteiger charge is 2.33. The van der Waals surface area contributed by atoms with E-state index in [1.165, 1.54) is 25.7 Å². The summed E-state index contributed by atoms with van der Waals surface area (Å²) in [5.41, 5.74) is -0.416. The molecule has 1 saturated heterocycles. The van der Waals surface area contributed by atoms with E-state index in [1.54, 1.807) is 0 Å². The number of amides is 1. The monoisotopic (exact) mass is 296 g/mol. The van der Waals surface area contributed by atoms with E-state index in [4.69, 9.17) is 4.74 Å². The molecule has 1 aliphatic carbocycles. The minimum absolute atomic E-state index is 0.164. The first-order valence-corrected chi connectivity index (χ1v) is 8.60. The van der Waals surface area contributed by atoms with Gasteiger partial charge in [0.05, 0.1) is 0 Å². The Morgan fingerprint density at radius 1 is 1.19 bits per heavy atom. The SMILES string of the molecule is CC1C(NCC2CCCC2)CCCN1C(=O)OC(C)(C)C. The van der Waals surface area contributed by atoms with Crippen molar-refractivity contribution in [2.45, 2.75) is 83.9 Å². The highest BCUT2D eigenvalue weighted by Crippen LogP contribution is 2.25. The summed E-state index contributed by atoms with van der Waals surface area (Å²) in [7, 11) is 0. The molecule has 1 amide bonds. The third-order valence-corrected chi connectivity index (χ3v) is 4.76. The number of nitrogens with zero attached hydrogens (tertiary/aromatic N) is 1. The van der Waals surface area contributed by atoms with Crippen LogP contribution >= 0.6 is 0 Å². The molecule has 0 aromatic rings. The molecule has 2 fully saturated rings. The molecule has 0 aromatic carbocycles. The van der Waals surface area contributed by atoms with Crippen molar-refractivity contribution < 1.29 is 9.53 Å². The molecule has 1 N–H and O–H groups in total. The third kappa shape index (κ3) is 4.87. The van der Waals surface area contributed by atoms with Gasteiger partial charge in [0.2, 0.25) is 0 Å². The van der Waals surface area contributed by atoms with Crippen molar-refractivity contribution in [1.82, 2.24) is 10.2 Å². The van der Waals surface area contributed by atoms with Crippen molar-refractivity contribution in [1.29, 1.82) is 0 Å². The van der Waals surface area contributed by atoms with E-state index in [0.717, 1.165) is 31.8 Å². The fourth-order valence-corrected chi connectivity index (χ4v) is 3.53. The molecule has 122 valence electrons. The van der Waals surface area contributed by atoms with Crippen molar-refractivity contribution in [3.63, 3.8) is 0 Å². The average Bonchev–Trinajstić information content (AvgIpc) is 2.88. The number of hydrogen-bond acceptors (Lipinski definition) is 3. The Labute approximate surface area is 129 Å². The first-order chi connectivity index (χ1) is 9.87. The fraction of sp³-hybridized carbons (Fsp3) is 0.941. The van der Waals surface area contributed by atoms with Crippen LogP contribution in [0.4, 0.5) is 4.79 Å². The van der Waals surface area contributed by atoms with E-state index >= 15 is 0 Å². The molecule has 2 unspecified atom stereocenters. The van der Waals surface area contributed by atoms with Crippen LogP contribution in [0.5, 0.6) is 0 Å². The lowest BCUT2D eigenvalue weighted by atomic mass is 9.97. The minimum atomic E-state index is -0.416. The van der Waals surface area contributed by atoms with Gasteiger partial charge < -0.3 is 15.0 Å². The van der Waals surface area contributed by atoms with Crippen molar-refractivity contribution in [2.24, 2.45) is 5.92 Å². The molecular weight excluding hydrogens is 264 g/mol. The van der Waals surface area contributed by atoms with E-state index in [2.05, 4.69) is 12.2 Å². The van der Waals surface area contributed by atoms with Gasteiger partial charge in [-0.15, -0.1) is 0 Å². The normalized spacial score (nSPS) is 27.9.